The molecule has 0 radical (unpaired) electrons. The Morgan fingerprint density at radius 2 is 1.75 bits per heavy atom. The summed E-state index contributed by atoms with van der Waals surface area (Å²) in [5.41, 5.74) is 2.28. The van der Waals surface area contributed by atoms with Crippen molar-refractivity contribution in [2.75, 3.05) is 19.8 Å². The molecule has 5 N–H and O–H groups in total. The van der Waals surface area contributed by atoms with Crippen molar-refractivity contribution < 1.29 is 39.4 Å². The smallest absolute Gasteiger partial charge is 0.407 e. The van der Waals surface area contributed by atoms with Crippen molar-refractivity contribution >= 4 is 6.09 Å². The average molecular weight is 720 g/mol. The van der Waals surface area contributed by atoms with Crippen LogP contribution in [0.1, 0.15) is 138 Å². The Balaban J connectivity index is 1.03. The molecule has 0 aromatic rings. The number of hydrogen-bond acceptors (Lipinski definition) is 8. The van der Waals surface area contributed by atoms with Crippen LogP contribution in [0.15, 0.2) is 11.6 Å². The molecule has 9 heteroatoms. The molecule has 5 rings (SSSR count). The van der Waals surface area contributed by atoms with Crippen molar-refractivity contribution in [2.24, 2.45) is 52.3 Å². The Morgan fingerprint density at radius 3 is 2.47 bits per heavy atom. The first kappa shape index (κ1) is 40.9. The largest absolute Gasteiger partial charge is 0.446 e. The van der Waals surface area contributed by atoms with Gasteiger partial charge >= 0.3 is 6.09 Å². The molecular weight excluding hydrogens is 646 g/mol. The lowest BCUT2D eigenvalue weighted by Gasteiger charge is -2.58. The van der Waals surface area contributed by atoms with Crippen LogP contribution in [0.25, 0.3) is 0 Å². The topological polar surface area (TPSA) is 138 Å². The minimum atomic E-state index is -1.44. The molecule has 1 aliphatic heterocycles. The van der Waals surface area contributed by atoms with Gasteiger partial charge in [0.2, 0.25) is 0 Å². The molecule has 0 bridgehead atoms. The van der Waals surface area contributed by atoms with Crippen molar-refractivity contribution in [3.63, 3.8) is 0 Å². The predicted molar refractivity (Wildman–Crippen MR) is 199 cm³/mol. The fraction of sp³-hybridized carbons (Fsp3) is 0.929. The minimum absolute atomic E-state index is 0.0584. The Hall–Kier alpha value is -1.23. The van der Waals surface area contributed by atoms with E-state index in [2.05, 4.69) is 52.9 Å². The molecule has 0 aromatic carbocycles. The lowest BCUT2D eigenvalue weighted by Crippen LogP contribution is -2.59. The lowest BCUT2D eigenvalue weighted by molar-refractivity contribution is -0.301. The summed E-state index contributed by atoms with van der Waals surface area (Å²) in [6, 6.07) is 0. The number of aliphatic hydroxyl groups excluding tert-OH is 4. The van der Waals surface area contributed by atoms with Gasteiger partial charge in [-0.2, -0.15) is 0 Å². The maximum Gasteiger partial charge on any atom is 0.407 e. The molecule has 1 amide bonds. The van der Waals surface area contributed by atoms with Crippen molar-refractivity contribution in [1.29, 1.82) is 0 Å². The fourth-order valence-electron chi connectivity index (χ4n) is 11.6. The van der Waals surface area contributed by atoms with Crippen molar-refractivity contribution in [3.05, 3.63) is 11.6 Å². The average Bonchev–Trinajstić information content (AvgIpc) is 3.46. The van der Waals surface area contributed by atoms with E-state index in [1.54, 1.807) is 5.57 Å². The van der Waals surface area contributed by atoms with Crippen LogP contribution in [0, 0.1) is 52.3 Å². The number of carbonyl (C=O) groups excluding carboxylic acids is 1. The highest BCUT2D eigenvalue weighted by Gasteiger charge is 2.59. The molecule has 0 spiro atoms. The number of carbonyl (C=O) groups is 1. The summed E-state index contributed by atoms with van der Waals surface area (Å²) in [5, 5.41) is 42.5. The van der Waals surface area contributed by atoms with Gasteiger partial charge in [0, 0.05) is 19.6 Å². The maximum atomic E-state index is 13.0. The van der Waals surface area contributed by atoms with Crippen LogP contribution in [0.3, 0.4) is 0 Å². The molecule has 5 aliphatic rings. The zero-order chi connectivity index (χ0) is 36.9. The van der Waals surface area contributed by atoms with Crippen LogP contribution in [-0.4, -0.2) is 83.1 Å². The highest BCUT2D eigenvalue weighted by atomic mass is 16.7. The van der Waals surface area contributed by atoms with E-state index in [1.807, 2.05) is 0 Å². The minimum Gasteiger partial charge on any atom is -0.446 e. The van der Waals surface area contributed by atoms with Crippen LogP contribution >= 0.6 is 0 Å². The van der Waals surface area contributed by atoms with Crippen LogP contribution in [0.2, 0.25) is 0 Å². The van der Waals surface area contributed by atoms with E-state index in [0.717, 1.165) is 74.0 Å². The van der Waals surface area contributed by atoms with Crippen molar-refractivity contribution in [2.45, 2.75) is 175 Å². The summed E-state index contributed by atoms with van der Waals surface area (Å²) < 4.78 is 17.1. The van der Waals surface area contributed by atoms with Gasteiger partial charge in [0.15, 0.2) is 6.29 Å². The summed E-state index contributed by atoms with van der Waals surface area (Å²) in [6.07, 6.45) is 13.2. The van der Waals surface area contributed by atoms with Gasteiger partial charge in [0.05, 0.1) is 6.61 Å². The summed E-state index contributed by atoms with van der Waals surface area (Å²) in [7, 11) is 0. The van der Waals surface area contributed by atoms with Gasteiger partial charge in [0.25, 0.3) is 0 Å². The van der Waals surface area contributed by atoms with Crippen molar-refractivity contribution in [1.82, 2.24) is 5.32 Å². The van der Waals surface area contributed by atoms with Gasteiger partial charge < -0.3 is 40.0 Å². The highest BCUT2D eigenvalue weighted by molar-refractivity contribution is 5.67. The van der Waals surface area contributed by atoms with E-state index in [4.69, 9.17) is 14.2 Å². The third kappa shape index (κ3) is 9.19. The first-order chi connectivity index (χ1) is 24.3. The van der Waals surface area contributed by atoms with E-state index in [9.17, 15) is 25.2 Å². The van der Waals surface area contributed by atoms with Gasteiger partial charge in [-0.15, -0.1) is 0 Å². The summed E-state index contributed by atoms with van der Waals surface area (Å²) in [6.45, 7) is 15.0. The molecule has 3 saturated carbocycles. The number of nitrogens with one attached hydrogen (secondary N) is 1. The quantitative estimate of drug-likeness (QED) is 0.0839. The van der Waals surface area contributed by atoms with E-state index in [-0.39, 0.29) is 17.6 Å². The van der Waals surface area contributed by atoms with Crippen LogP contribution in [0.4, 0.5) is 4.79 Å². The number of unbranched alkanes of at least 4 members (excludes halogenated alkanes) is 1. The van der Waals surface area contributed by atoms with Gasteiger partial charge in [-0.05, 0) is 110 Å². The molecular formula is C42H73NO8. The van der Waals surface area contributed by atoms with E-state index >= 15 is 0 Å². The number of amides is 1. The van der Waals surface area contributed by atoms with Crippen LogP contribution in [-0.2, 0) is 14.2 Å². The SMILES string of the molecule is CCC(CCCCO[C@@H]1O[C@H](CO)[C@@H](O)[C@H](O)[C@@H]1O)CNC(=O)O[C@H]1CC[C@@]2(C)C(=CC[C@H]3[C@@H]4CC[C@H]([C@H](C)CCCC(C)C)[C@@]4(C)CC[C@@H]32)C1. The standard InChI is InChI=1S/C42H73NO8/c1-7-28(13-8-9-22-49-39-38(47)37(46)36(45)35(25-44)51-39)24-43-40(48)50-30-18-20-41(5)29(23-30)14-15-31-33-17-16-32(27(4)12-10-11-26(2)3)42(33,6)21-19-34(31)41/h14,26-28,30-39,44-47H,7-13,15-25H2,1-6H3,(H,43,48)/t27-,28?,30+,31+,32-,33+,34+,35-,36-,37+,38+,39-,41+,42-/m1/s1. The van der Waals surface area contributed by atoms with Crippen LogP contribution in [0.5, 0.6) is 0 Å². The van der Waals surface area contributed by atoms with Crippen LogP contribution < -0.4 is 5.32 Å². The molecule has 9 nitrogen and oxygen atoms in total. The third-order valence-corrected chi connectivity index (χ3v) is 14.8. The van der Waals surface area contributed by atoms with Gasteiger partial charge in [-0.3, -0.25) is 0 Å². The molecule has 51 heavy (non-hydrogen) atoms. The first-order valence-electron chi connectivity index (χ1n) is 20.9. The highest BCUT2D eigenvalue weighted by Crippen LogP contribution is 2.67. The predicted octanol–water partition coefficient (Wildman–Crippen LogP) is 7.14. The number of alkyl carbamates (subject to hydrolysis) is 1. The maximum absolute atomic E-state index is 13.0. The second kappa shape index (κ2) is 17.9. The zero-order valence-electron chi connectivity index (χ0n) is 32.7. The van der Waals surface area contributed by atoms with E-state index in [1.165, 1.54) is 51.4 Å². The number of hydrogen-bond donors (Lipinski definition) is 5. The number of allylic oxidation sites excluding steroid dienone is 1. The van der Waals surface area contributed by atoms with E-state index < -0.39 is 37.3 Å². The Bertz CT molecular complexity index is 1150. The summed E-state index contributed by atoms with van der Waals surface area (Å²) in [4.78, 5) is 13.0. The summed E-state index contributed by atoms with van der Waals surface area (Å²) >= 11 is 0. The molecule has 0 aromatic heterocycles. The first-order valence-corrected chi connectivity index (χ1v) is 20.9. The molecule has 14 atom stereocenters. The van der Waals surface area contributed by atoms with Crippen molar-refractivity contribution in [3.8, 4) is 0 Å². The molecule has 294 valence electrons. The number of fused-ring (bicyclic) bond motifs is 5. The fourth-order valence-corrected chi connectivity index (χ4v) is 11.6. The van der Waals surface area contributed by atoms with Gasteiger partial charge in [-0.1, -0.05) is 85.3 Å². The number of aliphatic hydroxyl groups is 4. The van der Waals surface area contributed by atoms with Gasteiger partial charge in [-0.25, -0.2) is 4.79 Å². The number of ether oxygens (including phenoxy) is 3. The van der Waals surface area contributed by atoms with E-state index in [0.29, 0.717) is 30.9 Å². The molecule has 4 fully saturated rings. The molecule has 1 heterocycles. The Labute approximate surface area is 308 Å². The Morgan fingerprint density at radius 1 is 0.961 bits per heavy atom. The second-order valence-corrected chi connectivity index (χ2v) is 18.3. The Kier molecular flexibility index (Phi) is 14.4. The third-order valence-electron chi connectivity index (χ3n) is 14.8. The molecule has 1 saturated heterocycles. The molecule has 1 unspecified atom stereocenters. The second-order valence-electron chi connectivity index (χ2n) is 18.3. The van der Waals surface area contributed by atoms with Gasteiger partial charge in [0.1, 0.15) is 30.5 Å². The molecule has 4 aliphatic carbocycles. The normalized spacial score (nSPS) is 40.5. The lowest BCUT2D eigenvalue weighted by atomic mass is 9.47. The number of rotatable bonds is 16. The summed E-state index contributed by atoms with van der Waals surface area (Å²) in [5.74, 6) is 5.24. The monoisotopic (exact) mass is 720 g/mol. The zero-order valence-corrected chi connectivity index (χ0v) is 32.7.